The number of amides is 1. The maximum atomic E-state index is 12.2. The highest BCUT2D eigenvalue weighted by Crippen LogP contribution is 2.38. The molecule has 0 aliphatic carbocycles. The summed E-state index contributed by atoms with van der Waals surface area (Å²) in [5.74, 6) is 1.43. The maximum Gasteiger partial charge on any atom is 0.262 e. The molecule has 4 nitrogen and oxygen atoms in total. The Bertz CT molecular complexity index is 717. The lowest BCUT2D eigenvalue weighted by atomic mass is 10.3. The summed E-state index contributed by atoms with van der Waals surface area (Å²) in [6.07, 6.45) is 1.79. The highest BCUT2D eigenvalue weighted by molar-refractivity contribution is 8.04. The van der Waals surface area contributed by atoms with Gasteiger partial charge in [-0.15, -0.1) is 0 Å². The molecule has 0 unspecified atom stereocenters. The van der Waals surface area contributed by atoms with Crippen LogP contribution in [0.4, 0.5) is 11.6 Å². The predicted octanol–water partition coefficient (Wildman–Crippen LogP) is 4.21. The lowest BCUT2D eigenvalue weighted by Gasteiger charge is -2.18. The molecule has 114 valence electrons. The van der Waals surface area contributed by atoms with E-state index in [4.69, 9.17) is 4.42 Å². The molecule has 1 aromatic heterocycles. The second-order valence-electron chi connectivity index (χ2n) is 4.91. The number of nitrogens with one attached hydrogen (secondary N) is 1. The van der Waals surface area contributed by atoms with Crippen LogP contribution < -0.4 is 10.2 Å². The van der Waals surface area contributed by atoms with E-state index in [9.17, 15) is 4.79 Å². The Labute approximate surface area is 134 Å². The number of thioether (sulfide) groups is 1. The van der Waals surface area contributed by atoms with Gasteiger partial charge in [-0.05, 0) is 32.0 Å². The van der Waals surface area contributed by atoms with Crippen LogP contribution in [0.5, 0.6) is 0 Å². The maximum absolute atomic E-state index is 12.2. The van der Waals surface area contributed by atoms with E-state index in [0.717, 1.165) is 29.6 Å². The third-order valence-electron chi connectivity index (χ3n) is 3.54. The summed E-state index contributed by atoms with van der Waals surface area (Å²) in [7, 11) is 0. The zero-order chi connectivity index (χ0) is 15.5. The van der Waals surface area contributed by atoms with Gasteiger partial charge in [-0.25, -0.2) is 0 Å². The van der Waals surface area contributed by atoms with Gasteiger partial charge >= 0.3 is 0 Å². The molecular formula is C17H18N2O2S. The number of para-hydroxylation sites is 1. The number of benzene rings is 1. The molecule has 1 aliphatic rings. The summed E-state index contributed by atoms with van der Waals surface area (Å²) in [6, 6.07) is 11.6. The van der Waals surface area contributed by atoms with E-state index in [0.29, 0.717) is 10.7 Å². The first-order chi connectivity index (χ1) is 10.7. The second kappa shape index (κ2) is 6.32. The Morgan fingerprint density at radius 2 is 1.95 bits per heavy atom. The van der Waals surface area contributed by atoms with E-state index in [1.165, 1.54) is 11.8 Å². The molecule has 0 saturated heterocycles. The number of hydrogen-bond donors (Lipinski definition) is 1. The number of rotatable bonds is 4. The van der Waals surface area contributed by atoms with Crippen molar-refractivity contribution in [1.82, 2.24) is 0 Å². The summed E-state index contributed by atoms with van der Waals surface area (Å²) in [5.41, 5.74) is 0.859. The van der Waals surface area contributed by atoms with Crippen molar-refractivity contribution in [3.8, 4) is 0 Å². The van der Waals surface area contributed by atoms with Crippen LogP contribution >= 0.6 is 11.8 Å². The molecule has 2 heterocycles. The lowest BCUT2D eigenvalue weighted by Crippen LogP contribution is -2.20. The van der Waals surface area contributed by atoms with Crippen molar-refractivity contribution in [3.63, 3.8) is 0 Å². The Hall–Kier alpha value is -2.14. The number of furan rings is 1. The van der Waals surface area contributed by atoms with Gasteiger partial charge in [0.05, 0.1) is 10.6 Å². The van der Waals surface area contributed by atoms with Gasteiger partial charge < -0.3 is 14.6 Å². The molecular weight excluding hydrogens is 296 g/mol. The van der Waals surface area contributed by atoms with Gasteiger partial charge in [0.25, 0.3) is 5.91 Å². The molecule has 0 saturated carbocycles. The average molecular weight is 314 g/mol. The highest BCUT2D eigenvalue weighted by Gasteiger charge is 2.21. The van der Waals surface area contributed by atoms with Crippen LogP contribution in [0.3, 0.4) is 0 Å². The van der Waals surface area contributed by atoms with Gasteiger partial charge in [-0.2, -0.15) is 0 Å². The molecule has 3 rings (SSSR count). The number of hydrogen-bond acceptors (Lipinski definition) is 4. The van der Waals surface area contributed by atoms with Gasteiger partial charge in [-0.1, -0.05) is 23.9 Å². The molecule has 1 N–H and O–H groups in total. The highest BCUT2D eigenvalue weighted by atomic mass is 32.2. The molecule has 0 spiro atoms. The monoisotopic (exact) mass is 314 g/mol. The topological polar surface area (TPSA) is 45.5 Å². The van der Waals surface area contributed by atoms with Crippen molar-refractivity contribution in [1.29, 1.82) is 0 Å². The summed E-state index contributed by atoms with van der Waals surface area (Å²) < 4.78 is 5.82. The molecule has 0 fully saturated rings. The second-order valence-corrected chi connectivity index (χ2v) is 5.99. The van der Waals surface area contributed by atoms with Crippen LogP contribution in [-0.4, -0.2) is 19.0 Å². The van der Waals surface area contributed by atoms with Crippen molar-refractivity contribution >= 4 is 35.3 Å². The molecule has 0 radical (unpaired) electrons. The fourth-order valence-electron chi connectivity index (χ4n) is 2.36. The van der Waals surface area contributed by atoms with Gasteiger partial charge in [0, 0.05) is 30.1 Å². The number of carbonyl (C=O) groups excluding carboxylic acids is 1. The fourth-order valence-corrected chi connectivity index (χ4v) is 3.29. The van der Waals surface area contributed by atoms with Gasteiger partial charge in [-0.3, -0.25) is 4.79 Å². The zero-order valence-electron chi connectivity index (χ0n) is 12.6. The smallest absolute Gasteiger partial charge is 0.262 e. The molecule has 0 bridgehead atoms. The number of fused-ring (bicyclic) bond motifs is 1. The van der Waals surface area contributed by atoms with Gasteiger partial charge in [0.15, 0.2) is 5.88 Å². The van der Waals surface area contributed by atoms with Crippen molar-refractivity contribution in [2.75, 3.05) is 23.3 Å². The first kappa shape index (κ1) is 14.8. The standard InChI is InChI=1S/C17H18N2O2S/c1-3-19(4-2)16-10-9-12(21-16)11-15-17(20)18-13-7-5-6-8-14(13)22-15/h5-11H,3-4H2,1-2H3,(H,18,20)/b15-11-. The van der Waals surface area contributed by atoms with Crippen molar-refractivity contribution in [3.05, 3.63) is 47.1 Å². The van der Waals surface area contributed by atoms with Crippen molar-refractivity contribution in [2.24, 2.45) is 0 Å². The molecule has 5 heteroatoms. The van der Waals surface area contributed by atoms with Crippen LogP contribution in [-0.2, 0) is 4.79 Å². The zero-order valence-corrected chi connectivity index (χ0v) is 13.4. The molecule has 1 aliphatic heterocycles. The Morgan fingerprint density at radius 1 is 1.18 bits per heavy atom. The van der Waals surface area contributed by atoms with Crippen LogP contribution in [0.15, 0.2) is 50.6 Å². The molecule has 0 atom stereocenters. The summed E-state index contributed by atoms with van der Waals surface area (Å²) in [5, 5.41) is 2.90. The molecule has 22 heavy (non-hydrogen) atoms. The van der Waals surface area contributed by atoms with E-state index in [-0.39, 0.29) is 5.91 Å². The van der Waals surface area contributed by atoms with Crippen LogP contribution in [0, 0.1) is 0 Å². The van der Waals surface area contributed by atoms with E-state index >= 15 is 0 Å². The first-order valence-corrected chi connectivity index (χ1v) is 8.17. The largest absolute Gasteiger partial charge is 0.441 e. The lowest BCUT2D eigenvalue weighted by molar-refractivity contribution is -0.112. The minimum Gasteiger partial charge on any atom is -0.441 e. The van der Waals surface area contributed by atoms with E-state index in [1.807, 2.05) is 36.4 Å². The van der Waals surface area contributed by atoms with E-state index in [2.05, 4.69) is 24.1 Å². The quantitative estimate of drug-likeness (QED) is 0.859. The third-order valence-corrected chi connectivity index (χ3v) is 4.64. The van der Waals surface area contributed by atoms with Crippen molar-refractivity contribution < 1.29 is 9.21 Å². The normalized spacial score (nSPS) is 15.5. The fraction of sp³-hybridized carbons (Fsp3) is 0.235. The Morgan fingerprint density at radius 3 is 2.73 bits per heavy atom. The van der Waals surface area contributed by atoms with Crippen LogP contribution in [0.1, 0.15) is 19.6 Å². The van der Waals surface area contributed by atoms with Crippen LogP contribution in [0.25, 0.3) is 6.08 Å². The Kier molecular flexibility index (Phi) is 4.24. The van der Waals surface area contributed by atoms with E-state index < -0.39 is 0 Å². The SMILES string of the molecule is CCN(CC)c1ccc(/C=C2\Sc3ccccc3NC2=O)o1. The number of carbonyl (C=O) groups is 1. The van der Waals surface area contributed by atoms with Gasteiger partial charge in [0.1, 0.15) is 5.76 Å². The van der Waals surface area contributed by atoms with Crippen LogP contribution in [0.2, 0.25) is 0 Å². The summed E-state index contributed by atoms with van der Waals surface area (Å²) in [4.78, 5) is 16.0. The first-order valence-electron chi connectivity index (χ1n) is 7.36. The molecule has 2 aromatic rings. The average Bonchev–Trinajstić information content (AvgIpc) is 2.98. The summed E-state index contributed by atoms with van der Waals surface area (Å²) in [6.45, 7) is 5.96. The van der Waals surface area contributed by atoms with E-state index in [1.54, 1.807) is 6.08 Å². The Balaban J connectivity index is 1.85. The number of nitrogens with zero attached hydrogens (tertiary/aromatic N) is 1. The predicted molar refractivity (Wildman–Crippen MR) is 91.2 cm³/mol. The summed E-state index contributed by atoms with van der Waals surface area (Å²) >= 11 is 1.46. The minimum atomic E-state index is -0.0931. The molecule has 1 aromatic carbocycles. The number of anilines is 2. The minimum absolute atomic E-state index is 0.0931. The molecule has 1 amide bonds. The van der Waals surface area contributed by atoms with Crippen molar-refractivity contribution in [2.45, 2.75) is 18.7 Å². The van der Waals surface area contributed by atoms with Gasteiger partial charge in [0.2, 0.25) is 0 Å². The third kappa shape index (κ3) is 2.90.